The number of carbonyl (C=O) groups is 4. The number of carbonyl (C=O) groups excluding carboxylic acids is 4. The molecule has 0 spiro atoms. The van der Waals surface area contributed by atoms with Crippen LogP contribution in [0.5, 0.6) is 0 Å². The number of hydrogen-bond donors (Lipinski definition) is 4. The predicted molar refractivity (Wildman–Crippen MR) is 243 cm³/mol. The molecule has 3 aliphatic rings. The highest BCUT2D eigenvalue weighted by Crippen LogP contribution is 2.34. The zero-order chi connectivity index (χ0) is 47.6. The minimum absolute atomic E-state index is 0.00951. The van der Waals surface area contributed by atoms with Crippen LogP contribution in [0.3, 0.4) is 0 Å². The van der Waals surface area contributed by atoms with E-state index in [1.165, 1.54) is 19.6 Å². The van der Waals surface area contributed by atoms with Gasteiger partial charge in [-0.25, -0.2) is 9.59 Å². The number of methoxy groups -OCH3 is 2. The average Bonchev–Trinajstić information content (AvgIpc) is 3.53. The van der Waals surface area contributed by atoms with E-state index in [0.29, 0.717) is 17.8 Å². The molecule has 1 saturated heterocycles. The van der Waals surface area contributed by atoms with Crippen LogP contribution in [0.4, 0.5) is 0 Å². The zero-order valence-electron chi connectivity index (χ0n) is 39.8. The van der Waals surface area contributed by atoms with Crippen LogP contribution in [0.1, 0.15) is 108 Å². The molecule has 0 aromatic rings. The second-order valence-electron chi connectivity index (χ2n) is 17.7. The maximum Gasteiger partial charge on any atom is 0.373 e. The summed E-state index contributed by atoms with van der Waals surface area (Å²) in [5.74, 6) is -3.15. The number of hydrogen-bond acceptors (Lipinski definition) is 12. The second-order valence-corrected chi connectivity index (χ2v) is 17.7. The van der Waals surface area contributed by atoms with Crippen LogP contribution in [0.15, 0.2) is 95.2 Å². The lowest BCUT2D eigenvalue weighted by Crippen LogP contribution is -2.50. The largest absolute Gasteiger partial charge is 0.510 e. The number of rotatable bonds is 12. The highest BCUT2D eigenvalue weighted by Gasteiger charge is 2.42. The van der Waals surface area contributed by atoms with Crippen molar-refractivity contribution in [2.24, 2.45) is 35.5 Å². The molecule has 13 heteroatoms. The number of esters is 2. The van der Waals surface area contributed by atoms with Gasteiger partial charge in [0.2, 0.25) is 11.7 Å². The van der Waals surface area contributed by atoms with Gasteiger partial charge in [0.25, 0.3) is 0 Å². The molecule has 63 heavy (non-hydrogen) atoms. The zero-order valence-corrected chi connectivity index (χ0v) is 39.8. The Labute approximate surface area is 375 Å². The number of ketones is 1. The van der Waals surface area contributed by atoms with Gasteiger partial charge in [-0.1, -0.05) is 115 Å². The van der Waals surface area contributed by atoms with Gasteiger partial charge in [0, 0.05) is 50.4 Å². The Morgan fingerprint density at radius 2 is 1.71 bits per heavy atom. The number of allylic oxidation sites excluding steroid dienone is 11. The summed E-state index contributed by atoms with van der Waals surface area (Å²) in [6, 6.07) is 0. The van der Waals surface area contributed by atoms with E-state index in [2.05, 4.69) is 45.2 Å². The maximum absolute atomic E-state index is 13.1. The lowest BCUT2D eigenvalue weighted by molar-refractivity contribution is -0.268. The van der Waals surface area contributed by atoms with Gasteiger partial charge in [-0.15, -0.1) is 0 Å². The minimum Gasteiger partial charge on any atom is -0.510 e. The Morgan fingerprint density at radius 1 is 1.03 bits per heavy atom. The van der Waals surface area contributed by atoms with Gasteiger partial charge in [0.1, 0.15) is 29.8 Å². The molecular weight excluding hydrogens is 807 g/mol. The van der Waals surface area contributed by atoms with Crippen LogP contribution >= 0.6 is 0 Å². The van der Waals surface area contributed by atoms with Crippen molar-refractivity contribution in [3.63, 3.8) is 0 Å². The van der Waals surface area contributed by atoms with Gasteiger partial charge in [-0.3, -0.25) is 9.59 Å². The Morgan fingerprint density at radius 3 is 2.30 bits per heavy atom. The van der Waals surface area contributed by atoms with Gasteiger partial charge in [-0.2, -0.15) is 0 Å². The third-order valence-corrected chi connectivity index (χ3v) is 11.8. The van der Waals surface area contributed by atoms with Crippen molar-refractivity contribution < 1.29 is 58.2 Å². The van der Waals surface area contributed by atoms with Crippen molar-refractivity contribution in [1.82, 2.24) is 5.32 Å². The number of aliphatic hydroxyl groups is 3. The molecule has 0 radical (unpaired) electrons. The number of aliphatic hydroxyl groups excluding tert-OH is 2. The maximum atomic E-state index is 13.1. The van der Waals surface area contributed by atoms with E-state index in [4.69, 9.17) is 23.7 Å². The highest BCUT2D eigenvalue weighted by atomic mass is 16.6. The van der Waals surface area contributed by atoms with E-state index in [0.717, 1.165) is 30.6 Å². The average molecular weight is 882 g/mol. The molecule has 1 fully saturated rings. The van der Waals surface area contributed by atoms with E-state index < -0.39 is 54.2 Å². The van der Waals surface area contributed by atoms with Crippen molar-refractivity contribution in [1.29, 1.82) is 0 Å². The highest BCUT2D eigenvalue weighted by molar-refractivity contribution is 6.04. The van der Waals surface area contributed by atoms with Gasteiger partial charge in [-0.05, 0) is 63.4 Å². The van der Waals surface area contributed by atoms with Gasteiger partial charge < -0.3 is 44.3 Å². The molecule has 0 aromatic heterocycles. The molecule has 0 bridgehead atoms. The Kier molecular flexibility index (Phi) is 22.8. The lowest BCUT2D eigenvalue weighted by atomic mass is 9.81. The number of ether oxygens (including phenoxy) is 5. The van der Waals surface area contributed by atoms with Crippen LogP contribution in [0.2, 0.25) is 0 Å². The molecule has 1 amide bonds. The molecular formula is C50H75NO12. The summed E-state index contributed by atoms with van der Waals surface area (Å²) in [6.07, 6.45) is 18.6. The SMILES string of the molecule is CC/C=C/C=C/[C@H]1O[C@](C)(O)C[C@@H](OC(=O)/C=C/C(=O)NC2=C(O)CCC2=O)[C@@H]1C.CO/C1=C\C(C)=C\C(C)[C@@H](C)[C@@H](C)C/C(C)=C/C=C/[C@H](OC)[C@@H]([C@@H](C)[C@@H](O)C(C)C)OC1=O. The molecule has 2 heterocycles. The number of nitrogens with one attached hydrogen (secondary N) is 1. The fourth-order valence-corrected chi connectivity index (χ4v) is 7.66. The second kappa shape index (κ2) is 26.3. The van der Waals surface area contributed by atoms with E-state index in [-0.39, 0.29) is 60.0 Å². The summed E-state index contributed by atoms with van der Waals surface area (Å²) in [4.78, 5) is 48.7. The van der Waals surface area contributed by atoms with E-state index in [1.54, 1.807) is 19.3 Å². The molecule has 0 saturated carbocycles. The molecule has 3 rings (SSSR count). The number of Topliss-reactive ketones (excluding diaryl/α,β-unsaturated/α-hetero) is 1. The summed E-state index contributed by atoms with van der Waals surface area (Å²) in [7, 11) is 3.06. The van der Waals surface area contributed by atoms with Gasteiger partial charge in [0.05, 0.1) is 19.3 Å². The van der Waals surface area contributed by atoms with Crippen molar-refractivity contribution in [2.75, 3.05) is 14.2 Å². The van der Waals surface area contributed by atoms with Crippen LogP contribution < -0.4 is 5.32 Å². The fourth-order valence-electron chi connectivity index (χ4n) is 7.66. The van der Waals surface area contributed by atoms with Crippen molar-refractivity contribution in [3.8, 4) is 0 Å². The summed E-state index contributed by atoms with van der Waals surface area (Å²) >= 11 is 0. The topological polar surface area (TPSA) is 187 Å². The van der Waals surface area contributed by atoms with E-state index in [9.17, 15) is 34.5 Å². The fraction of sp³-hybridized carbons (Fsp3) is 0.600. The quantitative estimate of drug-likeness (QED) is 0.0837. The van der Waals surface area contributed by atoms with Crippen molar-refractivity contribution >= 4 is 23.6 Å². The summed E-state index contributed by atoms with van der Waals surface area (Å²) < 4.78 is 28.1. The summed E-state index contributed by atoms with van der Waals surface area (Å²) in [5, 5.41) is 33.0. The molecule has 13 nitrogen and oxygen atoms in total. The van der Waals surface area contributed by atoms with Crippen LogP contribution in [0, 0.1) is 35.5 Å². The first-order valence-corrected chi connectivity index (χ1v) is 22.1. The van der Waals surface area contributed by atoms with Crippen LogP contribution in [-0.4, -0.2) is 89.5 Å². The third-order valence-electron chi connectivity index (χ3n) is 11.8. The number of amides is 1. The smallest absolute Gasteiger partial charge is 0.373 e. The first-order valence-electron chi connectivity index (χ1n) is 22.1. The third kappa shape index (κ3) is 17.9. The van der Waals surface area contributed by atoms with E-state index >= 15 is 0 Å². The first-order chi connectivity index (χ1) is 29.5. The standard InChI is InChI=1S/C28H46O5.C22H29NO7/c1-17(2)26(29)23(8)27-24(31-9)13-11-12-18(3)14-20(5)22(7)21(6)15-19(4)16-25(32-10)28(30)33-27;1-4-5-6-7-8-17-14(2)18(13-22(3,28)30-17)29-20(27)12-11-19(26)23-21-15(24)9-10-16(21)25/h11-13,15-17,20-24,26-27,29H,14H2,1-10H3;5-8,11-12,14,17-18,24,28H,4,9-10,13H2,1-3H3,(H,23,26)/b13-11+,18-12+,19-15+,25-16-;6-5+,8-7+,12-11+/t20-,21?,22-,23-,24-,26-,27+;14-,17-,18-,22+/m01/s1. The lowest BCUT2D eigenvalue weighted by Gasteiger charge is -2.41. The Bertz CT molecular complexity index is 1800. The van der Waals surface area contributed by atoms with E-state index in [1.807, 2.05) is 71.9 Å². The molecule has 1 unspecified atom stereocenters. The first kappa shape index (κ1) is 54.6. The minimum atomic E-state index is -1.46. The van der Waals surface area contributed by atoms with Gasteiger partial charge >= 0.3 is 11.9 Å². The summed E-state index contributed by atoms with van der Waals surface area (Å²) in [5.41, 5.74) is 2.09. The van der Waals surface area contributed by atoms with Crippen molar-refractivity contribution in [2.45, 2.75) is 145 Å². The molecule has 2 aliphatic heterocycles. The van der Waals surface area contributed by atoms with Crippen LogP contribution in [0.25, 0.3) is 0 Å². The molecule has 0 aromatic carbocycles. The summed E-state index contributed by atoms with van der Waals surface area (Å²) in [6.45, 7) is 22.0. The molecule has 11 atom stereocenters. The van der Waals surface area contributed by atoms with Gasteiger partial charge in [0.15, 0.2) is 11.6 Å². The number of cyclic esters (lactones) is 1. The molecule has 352 valence electrons. The Hall–Kier alpha value is -4.56. The normalized spacial score (nSPS) is 33.0. The molecule has 1 aliphatic carbocycles. The monoisotopic (exact) mass is 882 g/mol. The molecule has 4 N–H and O–H groups in total. The Balaban J connectivity index is 0.000000435. The van der Waals surface area contributed by atoms with Crippen molar-refractivity contribution in [3.05, 3.63) is 95.2 Å². The predicted octanol–water partition coefficient (Wildman–Crippen LogP) is 8.22. The van der Waals surface area contributed by atoms with Crippen LogP contribution in [-0.2, 0) is 42.9 Å².